The molecule has 1 fully saturated rings. The average molecular weight is 254 g/mol. The maximum absolute atomic E-state index is 13.0. The molecule has 0 amide bonds. The van der Waals surface area contributed by atoms with Crippen LogP contribution in [0.1, 0.15) is 35.2 Å². The molecule has 2 aromatic carbocycles. The molecule has 0 bridgehead atoms. The molecular formula is C17H15FO. The SMILES string of the molecule is O=C(c1ccc(F)cc1)C1(c2ccccc2)CCC1. The van der Waals surface area contributed by atoms with Crippen molar-refractivity contribution in [2.75, 3.05) is 0 Å². The highest BCUT2D eigenvalue weighted by molar-refractivity contribution is 6.04. The minimum absolute atomic E-state index is 0.116. The van der Waals surface area contributed by atoms with Gasteiger partial charge in [0.1, 0.15) is 5.82 Å². The van der Waals surface area contributed by atoms with Gasteiger partial charge >= 0.3 is 0 Å². The van der Waals surface area contributed by atoms with Crippen molar-refractivity contribution >= 4 is 5.78 Å². The number of rotatable bonds is 3. The number of carbonyl (C=O) groups excluding carboxylic acids is 1. The van der Waals surface area contributed by atoms with Crippen LogP contribution in [0.3, 0.4) is 0 Å². The Morgan fingerprint density at radius 3 is 2.11 bits per heavy atom. The summed E-state index contributed by atoms with van der Waals surface area (Å²) in [6.45, 7) is 0. The summed E-state index contributed by atoms with van der Waals surface area (Å²) in [5, 5.41) is 0. The highest BCUT2D eigenvalue weighted by Crippen LogP contribution is 2.46. The van der Waals surface area contributed by atoms with Crippen molar-refractivity contribution in [3.63, 3.8) is 0 Å². The topological polar surface area (TPSA) is 17.1 Å². The van der Waals surface area contributed by atoms with Crippen LogP contribution in [0.25, 0.3) is 0 Å². The lowest BCUT2D eigenvalue weighted by molar-refractivity contribution is 0.0789. The molecule has 19 heavy (non-hydrogen) atoms. The number of Topliss-reactive ketones (excluding diaryl/α,β-unsaturated/α-hetero) is 1. The zero-order chi connectivity index (χ0) is 13.3. The predicted octanol–water partition coefficient (Wildman–Crippen LogP) is 4.13. The lowest BCUT2D eigenvalue weighted by atomic mass is 9.61. The highest BCUT2D eigenvalue weighted by Gasteiger charge is 2.45. The van der Waals surface area contributed by atoms with Crippen LogP contribution < -0.4 is 0 Å². The zero-order valence-corrected chi connectivity index (χ0v) is 10.6. The van der Waals surface area contributed by atoms with E-state index in [2.05, 4.69) is 0 Å². The third-order valence-corrected chi connectivity index (χ3v) is 4.07. The first-order valence-corrected chi connectivity index (χ1v) is 6.58. The van der Waals surface area contributed by atoms with Gasteiger partial charge in [0.25, 0.3) is 0 Å². The van der Waals surface area contributed by atoms with Crippen molar-refractivity contribution in [2.45, 2.75) is 24.7 Å². The normalized spacial score (nSPS) is 16.7. The summed E-state index contributed by atoms with van der Waals surface area (Å²) in [5.74, 6) is -0.191. The first kappa shape index (κ1) is 12.1. The summed E-state index contributed by atoms with van der Waals surface area (Å²) >= 11 is 0. The molecule has 0 spiro atoms. The molecule has 0 radical (unpaired) electrons. The molecule has 96 valence electrons. The van der Waals surface area contributed by atoms with E-state index in [-0.39, 0.29) is 17.0 Å². The quantitative estimate of drug-likeness (QED) is 0.753. The lowest BCUT2D eigenvalue weighted by Crippen LogP contribution is -2.42. The van der Waals surface area contributed by atoms with Crippen molar-refractivity contribution in [2.24, 2.45) is 0 Å². The second-order valence-corrected chi connectivity index (χ2v) is 5.14. The summed E-state index contributed by atoms with van der Waals surface area (Å²) in [5.41, 5.74) is 1.29. The molecule has 0 N–H and O–H groups in total. The van der Waals surface area contributed by atoms with Crippen LogP contribution in [0.4, 0.5) is 4.39 Å². The Balaban J connectivity index is 1.99. The van der Waals surface area contributed by atoms with Crippen LogP contribution in [-0.4, -0.2) is 5.78 Å². The maximum Gasteiger partial charge on any atom is 0.173 e. The molecule has 1 saturated carbocycles. The summed E-state index contributed by atoms with van der Waals surface area (Å²) in [6, 6.07) is 15.8. The van der Waals surface area contributed by atoms with Gasteiger partial charge < -0.3 is 0 Å². The van der Waals surface area contributed by atoms with Gasteiger partial charge in [0, 0.05) is 5.56 Å². The molecule has 1 aliphatic carbocycles. The molecule has 0 unspecified atom stereocenters. The van der Waals surface area contributed by atoms with Crippen molar-refractivity contribution in [3.8, 4) is 0 Å². The predicted molar refractivity (Wildman–Crippen MR) is 72.7 cm³/mol. The van der Waals surface area contributed by atoms with E-state index in [1.807, 2.05) is 30.3 Å². The van der Waals surface area contributed by atoms with Gasteiger partial charge in [-0.1, -0.05) is 36.8 Å². The van der Waals surface area contributed by atoms with Gasteiger partial charge in [0.15, 0.2) is 5.78 Å². The van der Waals surface area contributed by atoms with E-state index in [0.717, 1.165) is 24.8 Å². The van der Waals surface area contributed by atoms with E-state index in [9.17, 15) is 9.18 Å². The van der Waals surface area contributed by atoms with Gasteiger partial charge in [-0.2, -0.15) is 0 Å². The third-order valence-electron chi connectivity index (χ3n) is 4.07. The number of hydrogen-bond donors (Lipinski definition) is 0. The molecule has 0 heterocycles. The van der Waals surface area contributed by atoms with E-state index in [1.54, 1.807) is 12.1 Å². The Morgan fingerprint density at radius 2 is 1.58 bits per heavy atom. The molecule has 0 saturated heterocycles. The van der Waals surface area contributed by atoms with E-state index in [1.165, 1.54) is 12.1 Å². The Bertz CT molecular complexity index is 582. The average Bonchev–Trinajstić information content (AvgIpc) is 2.39. The largest absolute Gasteiger partial charge is 0.293 e. The fraction of sp³-hybridized carbons (Fsp3) is 0.235. The maximum atomic E-state index is 13.0. The Labute approximate surface area is 112 Å². The number of benzene rings is 2. The molecule has 2 heteroatoms. The van der Waals surface area contributed by atoms with Crippen LogP contribution in [0, 0.1) is 5.82 Å². The van der Waals surface area contributed by atoms with Crippen LogP contribution in [0.2, 0.25) is 0 Å². The first-order valence-electron chi connectivity index (χ1n) is 6.58. The molecule has 0 aliphatic heterocycles. The van der Waals surface area contributed by atoms with Gasteiger partial charge in [-0.05, 0) is 42.7 Å². The minimum Gasteiger partial charge on any atom is -0.293 e. The first-order chi connectivity index (χ1) is 9.22. The van der Waals surface area contributed by atoms with E-state index < -0.39 is 0 Å². The Hall–Kier alpha value is -1.96. The van der Waals surface area contributed by atoms with Gasteiger partial charge in [0.05, 0.1) is 5.41 Å². The third kappa shape index (κ3) is 1.97. The number of hydrogen-bond acceptors (Lipinski definition) is 1. The van der Waals surface area contributed by atoms with Crippen LogP contribution in [0.15, 0.2) is 54.6 Å². The van der Waals surface area contributed by atoms with Gasteiger partial charge in [-0.25, -0.2) is 4.39 Å². The lowest BCUT2D eigenvalue weighted by Gasteiger charge is -2.41. The molecule has 2 aromatic rings. The fourth-order valence-electron chi connectivity index (χ4n) is 2.81. The second-order valence-electron chi connectivity index (χ2n) is 5.14. The zero-order valence-electron chi connectivity index (χ0n) is 10.6. The van der Waals surface area contributed by atoms with Gasteiger partial charge in [0.2, 0.25) is 0 Å². The van der Waals surface area contributed by atoms with Crippen molar-refractivity contribution in [1.29, 1.82) is 0 Å². The monoisotopic (exact) mass is 254 g/mol. The summed E-state index contributed by atoms with van der Waals surface area (Å²) in [7, 11) is 0. The van der Waals surface area contributed by atoms with Gasteiger partial charge in [-0.15, -0.1) is 0 Å². The Morgan fingerprint density at radius 1 is 0.947 bits per heavy atom. The van der Waals surface area contributed by atoms with E-state index in [4.69, 9.17) is 0 Å². The number of carbonyl (C=O) groups is 1. The van der Waals surface area contributed by atoms with Crippen LogP contribution >= 0.6 is 0 Å². The van der Waals surface area contributed by atoms with E-state index in [0.29, 0.717) is 5.56 Å². The molecule has 1 aliphatic rings. The molecule has 3 rings (SSSR count). The second kappa shape index (κ2) is 4.61. The minimum atomic E-state index is -0.390. The van der Waals surface area contributed by atoms with Crippen LogP contribution in [-0.2, 0) is 5.41 Å². The Kier molecular flexibility index (Phi) is 2.94. The summed E-state index contributed by atoms with van der Waals surface area (Å²) < 4.78 is 13.0. The summed E-state index contributed by atoms with van der Waals surface area (Å²) in [4.78, 5) is 12.7. The summed E-state index contributed by atoms with van der Waals surface area (Å²) in [6.07, 6.45) is 2.84. The smallest absolute Gasteiger partial charge is 0.173 e. The fourth-order valence-corrected chi connectivity index (χ4v) is 2.81. The van der Waals surface area contributed by atoms with Crippen LogP contribution in [0.5, 0.6) is 0 Å². The number of ketones is 1. The van der Waals surface area contributed by atoms with Crippen molar-refractivity contribution in [1.82, 2.24) is 0 Å². The van der Waals surface area contributed by atoms with Gasteiger partial charge in [-0.3, -0.25) is 4.79 Å². The highest BCUT2D eigenvalue weighted by atomic mass is 19.1. The van der Waals surface area contributed by atoms with Crippen molar-refractivity contribution < 1.29 is 9.18 Å². The molecular weight excluding hydrogens is 239 g/mol. The van der Waals surface area contributed by atoms with Crippen molar-refractivity contribution in [3.05, 3.63) is 71.5 Å². The molecule has 0 aromatic heterocycles. The standard InChI is InChI=1S/C17H15FO/c18-15-9-7-13(8-10-15)16(19)17(11-4-12-17)14-5-2-1-3-6-14/h1-3,5-10H,4,11-12H2. The number of halogens is 1. The molecule has 1 nitrogen and oxygen atoms in total. The molecule has 0 atom stereocenters. The van der Waals surface area contributed by atoms with E-state index >= 15 is 0 Å².